The van der Waals surface area contributed by atoms with Crippen molar-refractivity contribution in [3.8, 4) is 0 Å². The molecule has 1 aliphatic heterocycles. The maximum absolute atomic E-state index is 14.6. The number of nitrogens with one attached hydrogen (secondary N) is 1. The van der Waals surface area contributed by atoms with Crippen LogP contribution in [0.15, 0.2) is 56.7 Å². The summed E-state index contributed by atoms with van der Waals surface area (Å²) in [4.78, 5) is 37.8. The van der Waals surface area contributed by atoms with Crippen LogP contribution in [0, 0.1) is 18.7 Å². The largest absolute Gasteiger partial charge is 0.481 e. The van der Waals surface area contributed by atoms with Crippen molar-refractivity contribution in [1.29, 1.82) is 0 Å². The molecule has 38 heavy (non-hydrogen) atoms. The van der Waals surface area contributed by atoms with Gasteiger partial charge in [-0.25, -0.2) is 19.2 Å². The molecule has 1 aromatic carbocycles. The molecule has 0 bridgehead atoms. The van der Waals surface area contributed by atoms with Crippen LogP contribution in [0.4, 0.5) is 4.39 Å². The third kappa shape index (κ3) is 5.10. The van der Waals surface area contributed by atoms with Crippen molar-refractivity contribution < 1.29 is 28.2 Å². The standard InChI is InChI=1S/C27H27FN4O5S/c1-14-18(4-3-5-19(14)28)23-21(27(35)36-2)22(31-24(32-23)26-29-10-11-38-26)15-6-8-16(9-7-15)25-30-17(13-37-25)12-20(33)34/h3-5,10-11,13,15-16,23H,6-9,12H2,1-2H3,(H,31,32)(H,33,34)/t15-,16-,23?. The van der Waals surface area contributed by atoms with Crippen molar-refractivity contribution in [2.24, 2.45) is 10.9 Å². The highest BCUT2D eigenvalue weighted by Crippen LogP contribution is 2.43. The Morgan fingerprint density at radius 1 is 1.24 bits per heavy atom. The summed E-state index contributed by atoms with van der Waals surface area (Å²) in [6.45, 7) is 1.68. The fourth-order valence-electron chi connectivity index (χ4n) is 5.19. The Kier molecular flexibility index (Phi) is 7.37. The molecule has 5 rings (SSSR count). The number of allylic oxidation sites excluding steroid dienone is 1. The molecule has 0 radical (unpaired) electrons. The summed E-state index contributed by atoms with van der Waals surface area (Å²) < 4.78 is 25.4. The molecule has 1 atom stereocenters. The van der Waals surface area contributed by atoms with Crippen LogP contribution in [0.25, 0.3) is 0 Å². The van der Waals surface area contributed by atoms with Crippen molar-refractivity contribution in [3.05, 3.63) is 80.8 Å². The summed E-state index contributed by atoms with van der Waals surface area (Å²) in [7, 11) is 1.33. The van der Waals surface area contributed by atoms with Gasteiger partial charge in [0.05, 0.1) is 24.8 Å². The van der Waals surface area contributed by atoms with Gasteiger partial charge in [-0.2, -0.15) is 0 Å². The van der Waals surface area contributed by atoms with Crippen LogP contribution in [0.3, 0.4) is 0 Å². The third-order valence-electron chi connectivity index (χ3n) is 7.11. The van der Waals surface area contributed by atoms with Crippen LogP contribution in [0.5, 0.6) is 0 Å². The van der Waals surface area contributed by atoms with Gasteiger partial charge in [0, 0.05) is 23.2 Å². The van der Waals surface area contributed by atoms with Gasteiger partial charge in [0.15, 0.2) is 16.7 Å². The molecule has 0 amide bonds. The van der Waals surface area contributed by atoms with Gasteiger partial charge < -0.3 is 19.6 Å². The van der Waals surface area contributed by atoms with Gasteiger partial charge in [-0.15, -0.1) is 11.3 Å². The van der Waals surface area contributed by atoms with Gasteiger partial charge in [0.25, 0.3) is 0 Å². The number of hydrogen-bond acceptors (Lipinski definition) is 9. The number of hydrogen-bond donors (Lipinski definition) is 2. The molecule has 3 heterocycles. The van der Waals surface area contributed by atoms with Gasteiger partial charge in [0.2, 0.25) is 0 Å². The van der Waals surface area contributed by atoms with E-state index in [1.807, 2.05) is 5.38 Å². The minimum absolute atomic E-state index is 0.0179. The zero-order chi connectivity index (χ0) is 26.8. The molecule has 0 spiro atoms. The van der Waals surface area contributed by atoms with Gasteiger partial charge in [-0.3, -0.25) is 9.79 Å². The fourth-order valence-corrected chi connectivity index (χ4v) is 5.78. The molecule has 11 heteroatoms. The molecule has 0 saturated heterocycles. The Bertz CT molecular complexity index is 1410. The first-order chi connectivity index (χ1) is 18.4. The van der Waals surface area contributed by atoms with Crippen molar-refractivity contribution in [2.75, 3.05) is 7.11 Å². The second-order valence-electron chi connectivity index (χ2n) is 9.41. The van der Waals surface area contributed by atoms with Crippen LogP contribution >= 0.6 is 11.3 Å². The number of amidine groups is 1. The van der Waals surface area contributed by atoms with Crippen LogP contribution in [0.1, 0.15) is 65.4 Å². The lowest BCUT2D eigenvalue weighted by Crippen LogP contribution is -2.37. The van der Waals surface area contributed by atoms with Gasteiger partial charge in [0.1, 0.15) is 18.1 Å². The van der Waals surface area contributed by atoms with E-state index in [2.05, 4.69) is 15.3 Å². The first kappa shape index (κ1) is 25.8. The first-order valence-corrected chi connectivity index (χ1v) is 13.2. The number of carboxylic acids is 1. The Hall–Kier alpha value is -3.86. The number of esters is 1. The highest BCUT2D eigenvalue weighted by atomic mass is 32.1. The number of aromatic nitrogens is 2. The molecule has 9 nitrogen and oxygen atoms in total. The van der Waals surface area contributed by atoms with Crippen molar-refractivity contribution in [2.45, 2.75) is 51.0 Å². The minimum atomic E-state index is -0.958. The topological polar surface area (TPSA) is 127 Å². The lowest BCUT2D eigenvalue weighted by molar-refractivity contribution is -0.137. The number of rotatable bonds is 7. The van der Waals surface area contributed by atoms with Crippen molar-refractivity contribution in [3.63, 3.8) is 0 Å². The fraction of sp³-hybridized carbons (Fsp3) is 0.370. The van der Waals surface area contributed by atoms with E-state index in [1.165, 1.54) is 30.8 Å². The molecule has 2 aliphatic rings. The van der Waals surface area contributed by atoms with Crippen LogP contribution in [-0.2, 0) is 20.7 Å². The molecule has 2 aromatic heterocycles. The average Bonchev–Trinajstić information content (AvgIpc) is 3.62. The lowest BCUT2D eigenvalue weighted by atomic mass is 9.77. The quantitative estimate of drug-likeness (QED) is 0.415. The molecular formula is C27H27FN4O5S. The molecule has 2 N–H and O–H groups in total. The number of halogens is 1. The lowest BCUT2D eigenvalue weighted by Gasteiger charge is -2.34. The number of nitrogens with zero attached hydrogens (tertiary/aromatic N) is 3. The van der Waals surface area contributed by atoms with Gasteiger partial charge >= 0.3 is 11.9 Å². The van der Waals surface area contributed by atoms with Crippen LogP contribution < -0.4 is 5.32 Å². The zero-order valence-electron chi connectivity index (χ0n) is 20.9. The average molecular weight is 539 g/mol. The Morgan fingerprint density at radius 2 is 2.00 bits per heavy atom. The summed E-state index contributed by atoms with van der Waals surface area (Å²) in [5.74, 6) is -0.743. The molecule has 1 fully saturated rings. The highest BCUT2D eigenvalue weighted by Gasteiger charge is 2.38. The maximum atomic E-state index is 14.6. The summed E-state index contributed by atoms with van der Waals surface area (Å²) in [5, 5.41) is 14.9. The number of benzene rings is 1. The zero-order valence-corrected chi connectivity index (χ0v) is 21.8. The summed E-state index contributed by atoms with van der Waals surface area (Å²) >= 11 is 1.42. The van der Waals surface area contributed by atoms with E-state index in [1.54, 1.807) is 25.3 Å². The number of ether oxygens (including phenoxy) is 1. The Labute approximate surface area is 222 Å². The summed E-state index contributed by atoms with van der Waals surface area (Å²) in [6, 6.07) is 4.04. The second-order valence-corrected chi connectivity index (χ2v) is 10.3. The van der Waals surface area contributed by atoms with Gasteiger partial charge in [-0.1, -0.05) is 12.1 Å². The second kappa shape index (κ2) is 10.9. The molecule has 1 aliphatic carbocycles. The molecule has 198 valence electrons. The molecule has 3 aromatic rings. The molecule has 1 unspecified atom stereocenters. The predicted octanol–water partition coefficient (Wildman–Crippen LogP) is 4.70. The van der Waals surface area contributed by atoms with Crippen molar-refractivity contribution >= 4 is 29.1 Å². The number of oxazole rings is 1. The van der Waals surface area contributed by atoms with Crippen LogP contribution in [0.2, 0.25) is 0 Å². The summed E-state index contributed by atoms with van der Waals surface area (Å²) in [6.07, 6.45) is 5.84. The normalized spacial score (nSPS) is 21.6. The minimum Gasteiger partial charge on any atom is -0.481 e. The number of carbonyl (C=O) groups is 2. The number of aliphatic imine (C=N–C) groups is 1. The van der Waals surface area contributed by atoms with E-state index in [0.717, 1.165) is 25.7 Å². The predicted molar refractivity (Wildman–Crippen MR) is 137 cm³/mol. The van der Waals surface area contributed by atoms with E-state index >= 15 is 0 Å². The van der Waals surface area contributed by atoms with Gasteiger partial charge in [-0.05, 0) is 55.7 Å². The smallest absolute Gasteiger partial charge is 0.338 e. The maximum Gasteiger partial charge on any atom is 0.338 e. The van der Waals surface area contributed by atoms with Crippen molar-refractivity contribution in [1.82, 2.24) is 15.3 Å². The molecular weight excluding hydrogens is 511 g/mol. The van der Waals surface area contributed by atoms with E-state index in [-0.39, 0.29) is 24.1 Å². The third-order valence-corrected chi connectivity index (χ3v) is 7.89. The van der Waals surface area contributed by atoms with E-state index in [0.29, 0.717) is 44.8 Å². The number of carbonyl (C=O) groups excluding carboxylic acids is 1. The SMILES string of the molecule is COC(=O)C1=C([C@H]2CC[C@H](c3nc(CC(=O)O)co3)CC2)NC(c2nccs2)=NC1c1cccc(F)c1C. The van der Waals surface area contributed by atoms with E-state index < -0.39 is 18.0 Å². The monoisotopic (exact) mass is 538 g/mol. The number of aliphatic carboxylic acids is 1. The first-order valence-electron chi connectivity index (χ1n) is 12.3. The highest BCUT2D eigenvalue weighted by molar-refractivity contribution is 7.11. The van der Waals surface area contributed by atoms with E-state index in [9.17, 15) is 14.0 Å². The number of carboxylic acid groups (broad SMARTS) is 1. The number of methoxy groups -OCH3 is 1. The Morgan fingerprint density at radius 3 is 2.68 bits per heavy atom. The van der Waals surface area contributed by atoms with Crippen LogP contribution in [-0.4, -0.2) is 40.0 Å². The molecule has 1 saturated carbocycles. The van der Waals surface area contributed by atoms with E-state index in [4.69, 9.17) is 19.3 Å². The summed E-state index contributed by atoms with van der Waals surface area (Å²) in [5.41, 5.74) is 2.50. The Balaban J connectivity index is 1.49. The number of thiazole rings is 1.